The maximum Gasteiger partial charge on any atom is 0.269 e. The monoisotopic (exact) mass is 362 g/mol. The number of hydrogen-bond acceptors (Lipinski definition) is 6. The van der Waals surface area contributed by atoms with Gasteiger partial charge in [0, 0.05) is 18.5 Å². The highest BCUT2D eigenvalue weighted by molar-refractivity contribution is 6.39. The van der Waals surface area contributed by atoms with Crippen LogP contribution in [0.25, 0.3) is 11.5 Å². The fourth-order valence-corrected chi connectivity index (χ4v) is 2.78. The molecule has 0 bridgehead atoms. The Hall–Kier alpha value is -3.48. The summed E-state index contributed by atoms with van der Waals surface area (Å²) in [5.41, 5.74) is 2.26. The van der Waals surface area contributed by atoms with E-state index in [1.807, 2.05) is 60.7 Å². The number of carbonyl (C=O) groups excluding carboxylic acids is 1. The first-order valence-electron chi connectivity index (χ1n) is 8.70. The number of benzene rings is 2. The summed E-state index contributed by atoms with van der Waals surface area (Å²) in [5, 5.41) is 14.9. The second kappa shape index (κ2) is 7.82. The maximum atomic E-state index is 12.2. The van der Waals surface area contributed by atoms with Gasteiger partial charge in [-0.3, -0.25) is 4.79 Å². The van der Waals surface area contributed by atoms with Crippen LogP contribution >= 0.6 is 0 Å². The molecule has 0 saturated carbocycles. The molecule has 136 valence electrons. The Bertz CT molecular complexity index is 938. The van der Waals surface area contributed by atoms with Gasteiger partial charge in [0.05, 0.1) is 6.42 Å². The van der Waals surface area contributed by atoms with Gasteiger partial charge < -0.3 is 14.6 Å². The van der Waals surface area contributed by atoms with Crippen LogP contribution < -0.4 is 5.32 Å². The lowest BCUT2D eigenvalue weighted by atomic mass is 10.1. The van der Waals surface area contributed by atoms with Crippen LogP contribution in [0.2, 0.25) is 0 Å². The fraction of sp³-hybridized carbons (Fsp3) is 0.200. The number of amides is 1. The highest BCUT2D eigenvalue weighted by Gasteiger charge is 2.28. The summed E-state index contributed by atoms with van der Waals surface area (Å²) in [6.45, 7) is 0.452. The van der Waals surface area contributed by atoms with Crippen molar-refractivity contribution in [3.63, 3.8) is 0 Å². The number of aromatic nitrogens is 2. The summed E-state index contributed by atoms with van der Waals surface area (Å²) < 4.78 is 5.68. The molecule has 1 amide bonds. The number of hydrogen-bond donors (Lipinski definition) is 1. The minimum atomic E-state index is -0.286. The Balaban J connectivity index is 1.29. The van der Waals surface area contributed by atoms with Crippen LogP contribution in [-0.4, -0.2) is 27.9 Å². The summed E-state index contributed by atoms with van der Waals surface area (Å²) in [4.78, 5) is 17.6. The van der Waals surface area contributed by atoms with E-state index in [1.165, 1.54) is 0 Å². The summed E-state index contributed by atoms with van der Waals surface area (Å²) in [7, 11) is 0. The molecule has 0 aliphatic carbocycles. The lowest BCUT2D eigenvalue weighted by Gasteiger charge is -2.05. The number of rotatable bonds is 6. The highest BCUT2D eigenvalue weighted by atomic mass is 16.6. The molecule has 0 unspecified atom stereocenters. The van der Waals surface area contributed by atoms with Crippen molar-refractivity contribution in [3.8, 4) is 11.5 Å². The molecule has 0 saturated heterocycles. The lowest BCUT2D eigenvalue weighted by molar-refractivity contribution is -0.115. The largest absolute Gasteiger partial charge is 0.421 e. The number of oxime groups is 1. The van der Waals surface area contributed by atoms with Gasteiger partial charge in [-0.15, -0.1) is 10.2 Å². The van der Waals surface area contributed by atoms with Gasteiger partial charge in [0.15, 0.2) is 0 Å². The number of nitrogens with zero attached hydrogens (tertiary/aromatic N) is 3. The molecule has 27 heavy (non-hydrogen) atoms. The minimum Gasteiger partial charge on any atom is -0.421 e. The molecule has 7 heteroatoms. The van der Waals surface area contributed by atoms with E-state index in [0.717, 1.165) is 11.1 Å². The predicted octanol–water partition coefficient (Wildman–Crippen LogP) is 2.74. The van der Waals surface area contributed by atoms with Crippen molar-refractivity contribution < 1.29 is 14.0 Å². The first-order chi connectivity index (χ1) is 13.3. The van der Waals surface area contributed by atoms with Crippen LogP contribution in [0.3, 0.4) is 0 Å². The van der Waals surface area contributed by atoms with Crippen LogP contribution in [0, 0.1) is 0 Å². The van der Waals surface area contributed by atoms with Gasteiger partial charge in [-0.2, -0.15) is 0 Å². The average Bonchev–Trinajstić information content (AvgIpc) is 3.38. The molecule has 0 spiro atoms. The second-order valence-corrected chi connectivity index (χ2v) is 6.21. The van der Waals surface area contributed by atoms with Gasteiger partial charge in [-0.25, -0.2) is 0 Å². The fourth-order valence-electron chi connectivity index (χ4n) is 2.78. The third kappa shape index (κ3) is 4.20. The zero-order valence-corrected chi connectivity index (χ0v) is 14.5. The summed E-state index contributed by atoms with van der Waals surface area (Å²) in [6, 6.07) is 19.3. The Morgan fingerprint density at radius 2 is 1.78 bits per heavy atom. The zero-order chi connectivity index (χ0) is 18.5. The molecule has 2 aromatic carbocycles. The Labute approximate surface area is 156 Å². The Morgan fingerprint density at radius 1 is 1.04 bits per heavy atom. The number of nitrogens with one attached hydrogen (secondary N) is 1. The zero-order valence-electron chi connectivity index (χ0n) is 14.5. The van der Waals surface area contributed by atoms with Gasteiger partial charge >= 0.3 is 0 Å². The van der Waals surface area contributed by atoms with Crippen LogP contribution in [0.15, 0.2) is 70.2 Å². The summed E-state index contributed by atoms with van der Waals surface area (Å²) >= 11 is 0. The van der Waals surface area contributed by atoms with Crippen LogP contribution in [0.1, 0.15) is 17.9 Å². The molecule has 0 radical (unpaired) electrons. The van der Waals surface area contributed by atoms with E-state index >= 15 is 0 Å². The molecule has 1 aliphatic heterocycles. The van der Waals surface area contributed by atoms with E-state index in [1.54, 1.807) is 0 Å². The van der Waals surface area contributed by atoms with Gasteiger partial charge in [-0.05, 0) is 17.7 Å². The molecule has 2 heterocycles. The van der Waals surface area contributed by atoms with Crippen LogP contribution in [0.5, 0.6) is 0 Å². The summed E-state index contributed by atoms with van der Waals surface area (Å²) in [5.74, 6) is 0.696. The SMILES string of the molecule is O=C(NCc1ccccc1)C1=NO[C@@H](Cc2nnc(-c3ccccc3)o2)C1. The summed E-state index contributed by atoms with van der Waals surface area (Å²) in [6.07, 6.45) is 0.522. The van der Waals surface area contributed by atoms with Crippen molar-refractivity contribution in [2.45, 2.75) is 25.5 Å². The molecule has 1 aromatic heterocycles. The van der Waals surface area contributed by atoms with E-state index in [2.05, 4.69) is 20.7 Å². The van der Waals surface area contributed by atoms with E-state index < -0.39 is 0 Å². The normalized spacial score (nSPS) is 15.9. The molecular formula is C20H18N4O3. The van der Waals surface area contributed by atoms with Crippen molar-refractivity contribution in [1.29, 1.82) is 0 Å². The Kier molecular flexibility index (Phi) is 4.91. The van der Waals surface area contributed by atoms with Crippen LogP contribution in [0.4, 0.5) is 0 Å². The molecule has 7 nitrogen and oxygen atoms in total. The average molecular weight is 362 g/mol. The van der Waals surface area contributed by atoms with Crippen molar-refractivity contribution >= 4 is 11.6 Å². The second-order valence-electron chi connectivity index (χ2n) is 6.21. The Morgan fingerprint density at radius 3 is 2.56 bits per heavy atom. The molecule has 1 aliphatic rings. The molecule has 1 N–H and O–H groups in total. The maximum absolute atomic E-state index is 12.2. The third-order valence-corrected chi connectivity index (χ3v) is 4.18. The molecule has 3 aromatic rings. The van der Waals surface area contributed by atoms with Gasteiger partial charge in [0.1, 0.15) is 11.8 Å². The first-order valence-corrected chi connectivity index (χ1v) is 8.70. The van der Waals surface area contributed by atoms with E-state index in [4.69, 9.17) is 9.25 Å². The minimum absolute atomic E-state index is 0.225. The smallest absolute Gasteiger partial charge is 0.269 e. The molecule has 4 rings (SSSR count). The van der Waals surface area contributed by atoms with Crippen molar-refractivity contribution in [3.05, 3.63) is 72.1 Å². The van der Waals surface area contributed by atoms with E-state index in [9.17, 15) is 4.79 Å². The molecular weight excluding hydrogens is 344 g/mol. The first kappa shape index (κ1) is 17.0. The van der Waals surface area contributed by atoms with Crippen LogP contribution in [-0.2, 0) is 22.6 Å². The van der Waals surface area contributed by atoms with Crippen molar-refractivity contribution in [1.82, 2.24) is 15.5 Å². The topological polar surface area (TPSA) is 89.6 Å². The van der Waals surface area contributed by atoms with Crippen molar-refractivity contribution in [2.75, 3.05) is 0 Å². The molecule has 0 fully saturated rings. The lowest BCUT2D eigenvalue weighted by Crippen LogP contribution is -2.30. The quantitative estimate of drug-likeness (QED) is 0.728. The van der Waals surface area contributed by atoms with Gasteiger partial charge in [0.2, 0.25) is 11.8 Å². The van der Waals surface area contributed by atoms with Gasteiger partial charge in [0.25, 0.3) is 5.91 Å². The van der Waals surface area contributed by atoms with E-state index in [-0.39, 0.29) is 12.0 Å². The standard InChI is InChI=1S/C20H18N4O3/c25-19(21-13-14-7-3-1-4-8-14)17-11-16(27-24-17)12-18-22-23-20(26-18)15-9-5-2-6-10-15/h1-10,16H,11-13H2,(H,21,25)/t16-/m1/s1. The highest BCUT2D eigenvalue weighted by Crippen LogP contribution is 2.20. The van der Waals surface area contributed by atoms with Crippen molar-refractivity contribution in [2.24, 2.45) is 5.16 Å². The van der Waals surface area contributed by atoms with E-state index in [0.29, 0.717) is 36.9 Å². The van der Waals surface area contributed by atoms with Gasteiger partial charge in [-0.1, -0.05) is 53.7 Å². The predicted molar refractivity (Wildman–Crippen MR) is 98.7 cm³/mol. The third-order valence-electron chi connectivity index (χ3n) is 4.18. The number of carbonyl (C=O) groups is 1. The molecule has 1 atom stereocenters.